The first-order valence-electron chi connectivity index (χ1n) is 2.45. The third-order valence-corrected chi connectivity index (χ3v) is 0. The van der Waals surface area contributed by atoms with E-state index < -0.39 is 0 Å². The molecule has 0 saturated heterocycles. The SMILES string of the molecule is C=C[CH2-].C=C[CH2-].C=C[CH2-].[Nd+3]. The Balaban J connectivity index is -0.0000000257. The molecule has 55 valence electrons. The zero-order valence-corrected chi connectivity index (χ0v) is 9.68. The number of hydrogen-bond acceptors (Lipinski definition) is 0. The molecule has 0 unspecified atom stereocenters. The molecule has 0 bridgehead atoms. The molecule has 0 amide bonds. The van der Waals surface area contributed by atoms with Crippen molar-refractivity contribution in [3.8, 4) is 0 Å². The summed E-state index contributed by atoms with van der Waals surface area (Å²) in [6, 6.07) is 0. The number of hydrogen-bond donors (Lipinski definition) is 0. The second kappa shape index (κ2) is 60.7. The van der Waals surface area contributed by atoms with Crippen LogP contribution in [0.3, 0.4) is 0 Å². The molecular formula is C9H15Nd. The number of allylic oxidation sites excluding steroid dienone is 3. The van der Waals surface area contributed by atoms with Crippen molar-refractivity contribution in [2.75, 3.05) is 0 Å². The summed E-state index contributed by atoms with van der Waals surface area (Å²) in [5, 5.41) is 0. The van der Waals surface area contributed by atoms with Crippen molar-refractivity contribution in [2.24, 2.45) is 0 Å². The molecule has 0 aliphatic rings. The second-order valence-corrected chi connectivity index (χ2v) is 0.866. The first kappa shape index (κ1) is 22.5. The van der Waals surface area contributed by atoms with Gasteiger partial charge < -0.3 is 0 Å². The van der Waals surface area contributed by atoms with E-state index in [4.69, 9.17) is 0 Å². The van der Waals surface area contributed by atoms with Crippen LogP contribution in [0.5, 0.6) is 0 Å². The van der Waals surface area contributed by atoms with E-state index in [9.17, 15) is 0 Å². The Labute approximate surface area is 98.6 Å². The largest absolute Gasteiger partial charge is 3.00 e. The van der Waals surface area contributed by atoms with Gasteiger partial charge in [0.2, 0.25) is 0 Å². The van der Waals surface area contributed by atoms with E-state index in [1.807, 2.05) is 0 Å². The molecule has 0 nitrogen and oxygen atoms in total. The first-order valence-corrected chi connectivity index (χ1v) is 2.45. The molecular weight excluding hydrogens is 252 g/mol. The smallest absolute Gasteiger partial charge is 0.245 e. The van der Waals surface area contributed by atoms with Crippen LogP contribution < -0.4 is 0 Å². The predicted octanol–water partition coefficient (Wildman–Crippen LogP) is 3.02. The molecule has 0 aromatic carbocycles. The van der Waals surface area contributed by atoms with Gasteiger partial charge in [0, 0.05) is 0 Å². The summed E-state index contributed by atoms with van der Waals surface area (Å²) in [7, 11) is 0. The minimum Gasteiger partial charge on any atom is -0.245 e. The molecule has 0 fully saturated rings. The summed E-state index contributed by atoms with van der Waals surface area (Å²) < 4.78 is 0. The van der Waals surface area contributed by atoms with Gasteiger partial charge in [0.15, 0.2) is 0 Å². The van der Waals surface area contributed by atoms with Gasteiger partial charge in [-0.1, -0.05) is 0 Å². The van der Waals surface area contributed by atoms with Crippen LogP contribution >= 0.6 is 0 Å². The maximum absolute atomic E-state index is 3.25. The summed E-state index contributed by atoms with van der Waals surface area (Å²) in [6.45, 7) is 19.5. The fraction of sp³-hybridized carbons (Fsp3) is 0. The van der Waals surface area contributed by atoms with Gasteiger partial charge in [0.05, 0.1) is 0 Å². The Morgan fingerprint density at radius 2 is 0.700 bits per heavy atom. The molecule has 0 N–H and O–H groups in total. The van der Waals surface area contributed by atoms with Gasteiger partial charge >= 0.3 is 40.8 Å². The average Bonchev–Trinajstić information content (AvgIpc) is 1.70. The first-order chi connectivity index (χ1) is 4.24. The molecule has 1 radical (unpaired) electrons. The van der Waals surface area contributed by atoms with Crippen LogP contribution in [0, 0.1) is 61.6 Å². The van der Waals surface area contributed by atoms with Crippen molar-refractivity contribution >= 4 is 0 Å². The quantitative estimate of drug-likeness (QED) is 0.592. The average molecular weight is 267 g/mol. The van der Waals surface area contributed by atoms with Crippen LogP contribution in [0.25, 0.3) is 0 Å². The molecule has 10 heavy (non-hydrogen) atoms. The third kappa shape index (κ3) is 12900. The van der Waals surface area contributed by atoms with Crippen molar-refractivity contribution < 1.29 is 40.8 Å². The van der Waals surface area contributed by atoms with Crippen LogP contribution in [0.2, 0.25) is 0 Å². The van der Waals surface area contributed by atoms with E-state index in [0.29, 0.717) is 0 Å². The summed E-state index contributed by atoms with van der Waals surface area (Å²) >= 11 is 0. The van der Waals surface area contributed by atoms with E-state index in [1.54, 1.807) is 0 Å². The predicted molar refractivity (Wildman–Crippen MR) is 46.7 cm³/mol. The van der Waals surface area contributed by atoms with E-state index in [1.165, 1.54) is 18.2 Å². The van der Waals surface area contributed by atoms with Gasteiger partial charge in [-0.25, -0.2) is 58.7 Å². The normalized spacial score (nSPS) is 3.60. The van der Waals surface area contributed by atoms with Crippen LogP contribution in [0.1, 0.15) is 0 Å². The summed E-state index contributed by atoms with van der Waals surface area (Å²) in [4.78, 5) is 0. The minimum atomic E-state index is 0. The van der Waals surface area contributed by atoms with Crippen molar-refractivity contribution in [3.05, 3.63) is 58.7 Å². The molecule has 0 aliphatic carbocycles. The molecule has 0 aromatic rings. The van der Waals surface area contributed by atoms with Gasteiger partial charge in [-0.2, -0.15) is 0 Å². The third-order valence-electron chi connectivity index (χ3n) is 0. The second-order valence-electron chi connectivity index (χ2n) is 0.866. The van der Waals surface area contributed by atoms with Crippen LogP contribution in [0.4, 0.5) is 0 Å². The van der Waals surface area contributed by atoms with Gasteiger partial charge in [0.1, 0.15) is 0 Å². The molecule has 0 aromatic heterocycles. The molecule has 0 saturated carbocycles. The van der Waals surface area contributed by atoms with Crippen LogP contribution in [0.15, 0.2) is 38.0 Å². The fourth-order valence-corrected chi connectivity index (χ4v) is 0. The van der Waals surface area contributed by atoms with Gasteiger partial charge in [-0.05, 0) is 0 Å². The fourth-order valence-electron chi connectivity index (χ4n) is 0. The van der Waals surface area contributed by atoms with Gasteiger partial charge in [-0.3, -0.25) is 0 Å². The Morgan fingerprint density at radius 1 is 0.700 bits per heavy atom. The Kier molecular flexibility index (Phi) is 136. The van der Waals surface area contributed by atoms with Gasteiger partial charge in [0.25, 0.3) is 0 Å². The summed E-state index contributed by atoms with van der Waals surface area (Å²) in [6.07, 6.45) is 4.50. The summed E-state index contributed by atoms with van der Waals surface area (Å²) in [5.74, 6) is 0. The molecule has 0 heterocycles. The van der Waals surface area contributed by atoms with Crippen molar-refractivity contribution in [3.63, 3.8) is 0 Å². The van der Waals surface area contributed by atoms with Crippen LogP contribution in [-0.2, 0) is 0 Å². The monoisotopic (exact) mass is 265 g/mol. The number of rotatable bonds is 0. The zero-order chi connectivity index (χ0) is 8.12. The van der Waals surface area contributed by atoms with Crippen molar-refractivity contribution in [1.82, 2.24) is 0 Å². The Morgan fingerprint density at radius 3 is 0.700 bits per heavy atom. The van der Waals surface area contributed by atoms with E-state index in [2.05, 4.69) is 40.5 Å². The maximum atomic E-state index is 3.25. The van der Waals surface area contributed by atoms with Crippen molar-refractivity contribution in [1.29, 1.82) is 0 Å². The van der Waals surface area contributed by atoms with E-state index in [0.717, 1.165) is 0 Å². The topological polar surface area (TPSA) is 0 Å². The molecule has 1 heteroatoms. The molecule has 0 atom stereocenters. The Hall–Kier alpha value is 0.181. The summed E-state index contributed by atoms with van der Waals surface area (Å²) in [5.41, 5.74) is 0. The Bertz CT molecular complexity index is 41.5. The molecule has 0 rings (SSSR count). The van der Waals surface area contributed by atoms with E-state index in [-0.39, 0.29) is 40.8 Å². The zero-order valence-electron chi connectivity index (χ0n) is 6.47. The molecule has 0 aliphatic heterocycles. The van der Waals surface area contributed by atoms with Crippen LogP contribution in [-0.4, -0.2) is 0 Å². The van der Waals surface area contributed by atoms with Crippen molar-refractivity contribution in [2.45, 2.75) is 0 Å². The minimum absolute atomic E-state index is 0. The maximum Gasteiger partial charge on any atom is 3.00 e. The standard InChI is InChI=1S/3C3H5.Nd/c3*1-3-2;/h3*3H,1-2H2;/q3*-1;+3. The molecule has 0 spiro atoms. The van der Waals surface area contributed by atoms with Gasteiger partial charge in [-0.15, -0.1) is 0 Å². The van der Waals surface area contributed by atoms with E-state index >= 15 is 0 Å².